The number of carbonyl (C=O) groups excluding carboxylic acids is 1. The van der Waals surface area contributed by atoms with E-state index in [1.165, 1.54) is 12.1 Å². The number of halogens is 1. The van der Waals surface area contributed by atoms with Gasteiger partial charge in [0.05, 0.1) is 6.04 Å². The average molecular weight is 280 g/mol. The highest BCUT2D eigenvalue weighted by Gasteiger charge is 2.15. The molecule has 4 heteroatoms. The van der Waals surface area contributed by atoms with E-state index in [-0.39, 0.29) is 23.8 Å². The van der Waals surface area contributed by atoms with Crippen molar-refractivity contribution in [3.8, 4) is 0 Å². The zero-order valence-electron chi connectivity index (χ0n) is 12.6. The van der Waals surface area contributed by atoms with Crippen LogP contribution < -0.4 is 10.6 Å². The molecule has 1 rings (SSSR count). The molecule has 1 aromatic carbocycles. The quantitative estimate of drug-likeness (QED) is 0.718. The second kappa shape index (κ2) is 8.69. The number of hydrogen-bond acceptors (Lipinski definition) is 2. The van der Waals surface area contributed by atoms with Gasteiger partial charge in [0.2, 0.25) is 5.91 Å². The highest BCUT2D eigenvalue weighted by molar-refractivity contribution is 5.81. The van der Waals surface area contributed by atoms with Gasteiger partial charge in [0, 0.05) is 12.6 Å². The van der Waals surface area contributed by atoms with Gasteiger partial charge in [-0.15, -0.1) is 0 Å². The molecule has 0 aliphatic heterocycles. The fraction of sp³-hybridized carbons (Fsp3) is 0.562. The normalized spacial score (nSPS) is 13.8. The molecule has 0 radical (unpaired) electrons. The molecular formula is C16H25FN2O. The predicted octanol–water partition coefficient (Wildman–Crippen LogP) is 3.17. The Bertz CT molecular complexity index is 405. The van der Waals surface area contributed by atoms with Crippen LogP contribution in [0.15, 0.2) is 24.3 Å². The maximum atomic E-state index is 12.9. The van der Waals surface area contributed by atoms with E-state index in [1.54, 1.807) is 12.1 Å². The van der Waals surface area contributed by atoms with Gasteiger partial charge < -0.3 is 5.32 Å². The van der Waals surface area contributed by atoms with Gasteiger partial charge in [0.25, 0.3) is 0 Å². The third-order valence-corrected chi connectivity index (χ3v) is 3.34. The Morgan fingerprint density at radius 3 is 2.45 bits per heavy atom. The fourth-order valence-electron chi connectivity index (χ4n) is 2.04. The van der Waals surface area contributed by atoms with E-state index in [9.17, 15) is 9.18 Å². The van der Waals surface area contributed by atoms with Crippen molar-refractivity contribution in [1.82, 2.24) is 10.6 Å². The van der Waals surface area contributed by atoms with Gasteiger partial charge in [-0.3, -0.25) is 10.1 Å². The number of unbranched alkanes of at least 4 members (excludes halogenated alkanes) is 2. The van der Waals surface area contributed by atoms with Crippen molar-refractivity contribution in [3.63, 3.8) is 0 Å². The minimum absolute atomic E-state index is 0.00647. The second-order valence-corrected chi connectivity index (χ2v) is 5.16. The van der Waals surface area contributed by atoms with Crippen molar-refractivity contribution in [3.05, 3.63) is 35.6 Å². The number of nitrogens with one attached hydrogen (secondary N) is 2. The van der Waals surface area contributed by atoms with Crippen LogP contribution in [0, 0.1) is 5.82 Å². The summed E-state index contributed by atoms with van der Waals surface area (Å²) in [6, 6.07) is 6.08. The van der Waals surface area contributed by atoms with Gasteiger partial charge in [-0.25, -0.2) is 4.39 Å². The number of carbonyl (C=O) groups is 1. The lowest BCUT2D eigenvalue weighted by Crippen LogP contribution is -2.43. The standard InChI is InChI=1S/C16H25FN2O/c1-4-5-6-11-18-16(20)13(3)19-12(2)14-7-9-15(17)10-8-14/h7-10,12-13,19H,4-6,11H2,1-3H3,(H,18,20)/t12-,13?/m0/s1. The zero-order valence-corrected chi connectivity index (χ0v) is 12.6. The van der Waals surface area contributed by atoms with Crippen LogP contribution >= 0.6 is 0 Å². The Hall–Kier alpha value is -1.42. The summed E-state index contributed by atoms with van der Waals surface area (Å²) in [6.45, 7) is 6.67. The third kappa shape index (κ3) is 5.70. The predicted molar refractivity (Wildman–Crippen MR) is 79.9 cm³/mol. The molecule has 0 spiro atoms. The molecular weight excluding hydrogens is 255 g/mol. The molecule has 2 atom stereocenters. The minimum atomic E-state index is -0.267. The third-order valence-electron chi connectivity index (χ3n) is 3.34. The summed E-state index contributed by atoms with van der Waals surface area (Å²) in [5, 5.41) is 6.14. The Balaban J connectivity index is 2.38. The Labute approximate surface area is 121 Å². The van der Waals surface area contributed by atoms with Gasteiger partial charge in [0.1, 0.15) is 5.82 Å². The van der Waals surface area contributed by atoms with Crippen molar-refractivity contribution in [2.45, 2.75) is 52.1 Å². The lowest BCUT2D eigenvalue weighted by atomic mass is 10.1. The summed E-state index contributed by atoms with van der Waals surface area (Å²) in [7, 11) is 0. The molecule has 1 unspecified atom stereocenters. The number of benzene rings is 1. The molecule has 0 bridgehead atoms. The lowest BCUT2D eigenvalue weighted by Gasteiger charge is -2.20. The summed E-state index contributed by atoms with van der Waals surface area (Å²) in [5.41, 5.74) is 0.969. The number of amides is 1. The van der Waals surface area contributed by atoms with Crippen LogP contribution in [-0.4, -0.2) is 18.5 Å². The minimum Gasteiger partial charge on any atom is -0.355 e. The monoisotopic (exact) mass is 280 g/mol. The van der Waals surface area contributed by atoms with Crippen LogP contribution in [0.4, 0.5) is 4.39 Å². The van der Waals surface area contributed by atoms with Crippen molar-refractivity contribution in [2.75, 3.05) is 6.54 Å². The van der Waals surface area contributed by atoms with E-state index in [0.29, 0.717) is 0 Å². The van der Waals surface area contributed by atoms with E-state index in [0.717, 1.165) is 31.4 Å². The topological polar surface area (TPSA) is 41.1 Å². The molecule has 2 N–H and O–H groups in total. The smallest absolute Gasteiger partial charge is 0.236 e. The Morgan fingerprint density at radius 1 is 1.20 bits per heavy atom. The summed E-state index contributed by atoms with van der Waals surface area (Å²) >= 11 is 0. The molecule has 0 aliphatic carbocycles. The van der Waals surface area contributed by atoms with Crippen molar-refractivity contribution in [2.24, 2.45) is 0 Å². The molecule has 112 valence electrons. The highest BCUT2D eigenvalue weighted by Crippen LogP contribution is 2.13. The first-order chi connectivity index (χ1) is 9.54. The van der Waals surface area contributed by atoms with E-state index in [2.05, 4.69) is 17.6 Å². The molecule has 1 aromatic rings. The SMILES string of the molecule is CCCCCNC(=O)C(C)N[C@@H](C)c1ccc(F)cc1. The van der Waals surface area contributed by atoms with E-state index in [4.69, 9.17) is 0 Å². The van der Waals surface area contributed by atoms with Gasteiger partial charge in [-0.2, -0.15) is 0 Å². The molecule has 0 aliphatic rings. The zero-order chi connectivity index (χ0) is 15.0. The van der Waals surface area contributed by atoms with Gasteiger partial charge in [-0.05, 0) is 38.0 Å². The molecule has 0 aromatic heterocycles. The molecule has 0 heterocycles. The van der Waals surface area contributed by atoms with Crippen molar-refractivity contribution in [1.29, 1.82) is 0 Å². The summed E-state index contributed by atoms with van der Waals surface area (Å²) in [4.78, 5) is 11.9. The first-order valence-corrected chi connectivity index (χ1v) is 7.33. The molecule has 1 amide bonds. The number of rotatable bonds is 8. The largest absolute Gasteiger partial charge is 0.355 e. The summed E-state index contributed by atoms with van der Waals surface area (Å²) in [5.74, 6) is -0.238. The van der Waals surface area contributed by atoms with Crippen molar-refractivity contribution < 1.29 is 9.18 Å². The summed E-state index contributed by atoms with van der Waals surface area (Å²) in [6.07, 6.45) is 3.29. The van der Waals surface area contributed by atoms with Crippen molar-refractivity contribution >= 4 is 5.91 Å². The second-order valence-electron chi connectivity index (χ2n) is 5.16. The fourth-order valence-corrected chi connectivity index (χ4v) is 2.04. The first kappa shape index (κ1) is 16.6. The van der Waals surface area contributed by atoms with E-state index >= 15 is 0 Å². The molecule has 0 saturated heterocycles. The average Bonchev–Trinajstić information content (AvgIpc) is 2.44. The van der Waals surface area contributed by atoms with Gasteiger partial charge in [0.15, 0.2) is 0 Å². The Morgan fingerprint density at radius 2 is 1.85 bits per heavy atom. The molecule has 0 fully saturated rings. The van der Waals surface area contributed by atoms with E-state index in [1.807, 2.05) is 13.8 Å². The Kier molecular flexibility index (Phi) is 7.23. The van der Waals surface area contributed by atoms with Gasteiger partial charge >= 0.3 is 0 Å². The molecule has 0 saturated carbocycles. The highest BCUT2D eigenvalue weighted by atomic mass is 19.1. The molecule has 20 heavy (non-hydrogen) atoms. The maximum Gasteiger partial charge on any atom is 0.236 e. The van der Waals surface area contributed by atoms with Crippen LogP contribution in [0.3, 0.4) is 0 Å². The van der Waals surface area contributed by atoms with Crippen LogP contribution in [-0.2, 0) is 4.79 Å². The van der Waals surface area contributed by atoms with Crippen LogP contribution in [0.5, 0.6) is 0 Å². The van der Waals surface area contributed by atoms with Crippen LogP contribution in [0.2, 0.25) is 0 Å². The summed E-state index contributed by atoms with van der Waals surface area (Å²) < 4.78 is 12.9. The van der Waals surface area contributed by atoms with E-state index < -0.39 is 0 Å². The lowest BCUT2D eigenvalue weighted by molar-refractivity contribution is -0.122. The molecule has 3 nitrogen and oxygen atoms in total. The van der Waals surface area contributed by atoms with Crippen LogP contribution in [0.1, 0.15) is 51.6 Å². The van der Waals surface area contributed by atoms with Gasteiger partial charge in [-0.1, -0.05) is 31.9 Å². The first-order valence-electron chi connectivity index (χ1n) is 7.33. The number of hydrogen-bond donors (Lipinski definition) is 2. The maximum absolute atomic E-state index is 12.9. The van der Waals surface area contributed by atoms with Crippen LogP contribution in [0.25, 0.3) is 0 Å².